The van der Waals surface area contributed by atoms with Crippen molar-refractivity contribution in [2.45, 2.75) is 0 Å². The molecule has 0 spiro atoms. The summed E-state index contributed by atoms with van der Waals surface area (Å²) in [5.74, 6) is -4.94. The van der Waals surface area contributed by atoms with Crippen LogP contribution in [-0.4, -0.2) is 21.3 Å². The van der Waals surface area contributed by atoms with Crippen molar-refractivity contribution in [3.05, 3.63) is 35.6 Å². The fraction of sp³-hybridized carbons (Fsp3) is 0. The third-order valence-electron chi connectivity index (χ3n) is 2.05. The number of rotatable bonds is 2. The second kappa shape index (κ2) is 3.85. The van der Waals surface area contributed by atoms with Gasteiger partial charge in [0.2, 0.25) is 5.76 Å². The summed E-state index contributed by atoms with van der Waals surface area (Å²) in [5.41, 5.74) is -0.977. The lowest BCUT2D eigenvalue weighted by atomic mass is 10.1. The molecule has 0 fully saturated rings. The van der Waals surface area contributed by atoms with Gasteiger partial charge in [0.1, 0.15) is 11.5 Å². The number of hydrogen-bond donors (Lipinski definition) is 2. The van der Waals surface area contributed by atoms with Crippen LogP contribution in [-0.2, 0) is 0 Å². The molecule has 0 saturated heterocycles. The van der Waals surface area contributed by atoms with E-state index in [1.54, 1.807) is 0 Å². The molecule has 1 aromatic heterocycles. The molecular formula is C10H5F2NO4. The highest BCUT2D eigenvalue weighted by molar-refractivity contribution is 5.85. The fourth-order valence-corrected chi connectivity index (χ4v) is 1.27. The third kappa shape index (κ3) is 1.82. The van der Waals surface area contributed by atoms with Gasteiger partial charge in [0.15, 0.2) is 11.6 Å². The molecule has 0 unspecified atom stereocenters. The van der Waals surface area contributed by atoms with Gasteiger partial charge in [-0.15, -0.1) is 0 Å². The molecule has 2 aromatic rings. The third-order valence-corrected chi connectivity index (χ3v) is 2.05. The van der Waals surface area contributed by atoms with Gasteiger partial charge in [-0.05, 0) is 12.1 Å². The number of hydrogen-bond acceptors (Lipinski definition) is 4. The minimum Gasteiger partial charge on any atom is -0.505 e. The highest BCUT2D eigenvalue weighted by Crippen LogP contribution is 2.30. The van der Waals surface area contributed by atoms with Crippen molar-refractivity contribution in [1.29, 1.82) is 0 Å². The van der Waals surface area contributed by atoms with E-state index < -0.39 is 34.7 Å². The van der Waals surface area contributed by atoms with Crippen LogP contribution in [0, 0.1) is 11.6 Å². The molecule has 0 bridgehead atoms. The lowest BCUT2D eigenvalue weighted by molar-refractivity contribution is 0.0652. The first-order chi connectivity index (χ1) is 8.00. The lowest BCUT2D eigenvalue weighted by Crippen LogP contribution is -1.92. The first kappa shape index (κ1) is 11.1. The normalized spacial score (nSPS) is 10.5. The van der Waals surface area contributed by atoms with E-state index in [4.69, 9.17) is 10.2 Å². The summed E-state index contributed by atoms with van der Waals surface area (Å²) < 4.78 is 31.2. The highest BCUT2D eigenvalue weighted by atomic mass is 19.1. The molecule has 1 aromatic carbocycles. The zero-order valence-electron chi connectivity index (χ0n) is 8.15. The van der Waals surface area contributed by atoms with Crippen molar-refractivity contribution in [2.24, 2.45) is 0 Å². The first-order valence-electron chi connectivity index (χ1n) is 4.38. The van der Waals surface area contributed by atoms with Crippen LogP contribution in [0.2, 0.25) is 0 Å². The molecule has 7 heteroatoms. The number of phenols is 1. The largest absolute Gasteiger partial charge is 0.505 e. The Bertz CT molecular complexity index is 594. The molecule has 0 saturated carbocycles. The van der Waals surface area contributed by atoms with E-state index in [1.807, 2.05) is 0 Å². The highest BCUT2D eigenvalue weighted by Gasteiger charge is 2.20. The number of aromatic carboxylic acids is 1. The summed E-state index contributed by atoms with van der Waals surface area (Å²) in [6, 6.07) is 2.54. The van der Waals surface area contributed by atoms with Gasteiger partial charge in [0.05, 0.1) is 5.56 Å². The molecule has 5 nitrogen and oxygen atoms in total. The second-order valence-electron chi connectivity index (χ2n) is 3.14. The van der Waals surface area contributed by atoms with Gasteiger partial charge in [0, 0.05) is 6.07 Å². The summed E-state index contributed by atoms with van der Waals surface area (Å²) >= 11 is 0. The fourth-order valence-electron chi connectivity index (χ4n) is 1.27. The predicted octanol–water partition coefficient (Wildman–Crippen LogP) is 2.02. The second-order valence-corrected chi connectivity index (χ2v) is 3.14. The molecule has 0 aliphatic rings. The molecule has 0 radical (unpaired) electrons. The molecule has 2 N–H and O–H groups in total. The standard InChI is InChI=1S/C10H5F2NO4/c11-4-1-2-6(14)9(12)8(4)5-3-7(10(15)16)17-13-5/h1-3,14H,(H,15,16). The number of aromatic nitrogens is 1. The quantitative estimate of drug-likeness (QED) is 0.840. The van der Waals surface area contributed by atoms with Gasteiger partial charge in [-0.1, -0.05) is 5.16 Å². The van der Waals surface area contributed by atoms with E-state index in [9.17, 15) is 13.6 Å². The average Bonchev–Trinajstić information content (AvgIpc) is 2.73. The number of carbonyl (C=O) groups is 1. The zero-order valence-corrected chi connectivity index (χ0v) is 8.15. The summed E-state index contributed by atoms with van der Waals surface area (Å²) in [5, 5.41) is 20.9. The molecule has 0 aliphatic heterocycles. The van der Waals surface area contributed by atoms with Crippen LogP contribution in [0.5, 0.6) is 5.75 Å². The maximum absolute atomic E-state index is 13.4. The number of carboxylic acids is 1. The van der Waals surface area contributed by atoms with Crippen molar-refractivity contribution in [3.8, 4) is 17.0 Å². The van der Waals surface area contributed by atoms with Crippen LogP contribution in [0.4, 0.5) is 8.78 Å². The van der Waals surface area contributed by atoms with E-state index in [0.717, 1.165) is 18.2 Å². The number of aromatic hydroxyl groups is 1. The number of carboxylic acid groups (broad SMARTS) is 1. The monoisotopic (exact) mass is 241 g/mol. The Morgan fingerprint density at radius 1 is 1.35 bits per heavy atom. The first-order valence-corrected chi connectivity index (χ1v) is 4.38. The van der Waals surface area contributed by atoms with Crippen LogP contribution in [0.3, 0.4) is 0 Å². The number of phenolic OH excluding ortho intramolecular Hbond substituents is 1. The van der Waals surface area contributed by atoms with Gasteiger partial charge < -0.3 is 14.7 Å². The SMILES string of the molecule is O=C(O)c1cc(-c2c(F)ccc(O)c2F)no1. The summed E-state index contributed by atoms with van der Waals surface area (Å²) in [7, 11) is 0. The van der Waals surface area contributed by atoms with Gasteiger partial charge in [-0.3, -0.25) is 0 Å². The van der Waals surface area contributed by atoms with Gasteiger partial charge in [-0.25, -0.2) is 13.6 Å². The lowest BCUT2D eigenvalue weighted by Gasteiger charge is -2.01. The Kier molecular flexibility index (Phi) is 2.51. The number of nitrogens with zero attached hydrogens (tertiary/aromatic N) is 1. The zero-order chi connectivity index (χ0) is 12.6. The Hall–Kier alpha value is -2.44. The minimum absolute atomic E-state index is 0.340. The van der Waals surface area contributed by atoms with E-state index in [0.29, 0.717) is 0 Å². The Morgan fingerprint density at radius 3 is 2.65 bits per heavy atom. The van der Waals surface area contributed by atoms with Crippen molar-refractivity contribution in [2.75, 3.05) is 0 Å². The maximum atomic E-state index is 13.4. The van der Waals surface area contributed by atoms with Gasteiger partial charge >= 0.3 is 5.97 Å². The molecular weight excluding hydrogens is 236 g/mol. The number of halogens is 2. The van der Waals surface area contributed by atoms with E-state index in [-0.39, 0.29) is 5.69 Å². The molecule has 0 atom stereocenters. The van der Waals surface area contributed by atoms with E-state index in [1.165, 1.54) is 0 Å². The maximum Gasteiger partial charge on any atom is 0.374 e. The molecule has 1 heterocycles. The van der Waals surface area contributed by atoms with Gasteiger partial charge in [-0.2, -0.15) is 0 Å². The Morgan fingerprint density at radius 2 is 2.06 bits per heavy atom. The van der Waals surface area contributed by atoms with Crippen LogP contribution in [0.1, 0.15) is 10.6 Å². The van der Waals surface area contributed by atoms with Crippen molar-refractivity contribution in [3.63, 3.8) is 0 Å². The minimum atomic E-state index is -1.41. The molecule has 2 rings (SSSR count). The summed E-state index contributed by atoms with van der Waals surface area (Å²) in [6.07, 6.45) is 0. The smallest absolute Gasteiger partial charge is 0.374 e. The molecule has 17 heavy (non-hydrogen) atoms. The number of benzene rings is 1. The Balaban J connectivity index is 2.60. The van der Waals surface area contributed by atoms with Crippen molar-refractivity contribution in [1.82, 2.24) is 5.16 Å². The molecule has 0 aliphatic carbocycles. The summed E-state index contributed by atoms with van der Waals surface area (Å²) in [6.45, 7) is 0. The van der Waals surface area contributed by atoms with Crippen molar-refractivity contribution >= 4 is 5.97 Å². The van der Waals surface area contributed by atoms with Crippen LogP contribution in [0.15, 0.2) is 22.7 Å². The van der Waals surface area contributed by atoms with Crippen LogP contribution >= 0.6 is 0 Å². The van der Waals surface area contributed by atoms with E-state index in [2.05, 4.69) is 9.68 Å². The average molecular weight is 241 g/mol. The van der Waals surface area contributed by atoms with Crippen LogP contribution < -0.4 is 0 Å². The summed E-state index contributed by atoms with van der Waals surface area (Å²) in [4.78, 5) is 10.5. The topological polar surface area (TPSA) is 83.6 Å². The molecule has 0 amide bonds. The Labute approximate surface area is 92.9 Å². The van der Waals surface area contributed by atoms with Crippen molar-refractivity contribution < 1.29 is 28.3 Å². The van der Waals surface area contributed by atoms with E-state index >= 15 is 0 Å². The van der Waals surface area contributed by atoms with Crippen LogP contribution in [0.25, 0.3) is 11.3 Å². The predicted molar refractivity (Wildman–Crippen MR) is 50.5 cm³/mol. The molecule has 88 valence electrons. The van der Waals surface area contributed by atoms with Gasteiger partial charge in [0.25, 0.3) is 0 Å².